The minimum atomic E-state index is 0.499. The molecule has 0 aliphatic heterocycles. The fraction of sp³-hybridized carbons (Fsp3) is 1.00. The monoisotopic (exact) mass is 202 g/mol. The second kappa shape index (κ2) is 8.21. The Bertz CT molecular complexity index is 130. The predicted molar refractivity (Wildman–Crippen MR) is 61.7 cm³/mol. The van der Waals surface area contributed by atoms with Crippen molar-refractivity contribution in [2.24, 2.45) is 0 Å². The van der Waals surface area contributed by atoms with Gasteiger partial charge in [0.2, 0.25) is 0 Å². The first-order valence-electron chi connectivity index (χ1n) is 5.62. The Morgan fingerprint density at radius 3 is 2.29 bits per heavy atom. The number of nitrogens with zero attached hydrogens (tertiary/aromatic N) is 1. The SMILES string of the molecule is CCNCC(C)N(CC)C(C)COC. The lowest BCUT2D eigenvalue weighted by Crippen LogP contribution is -2.46. The highest BCUT2D eigenvalue weighted by Gasteiger charge is 2.17. The molecule has 0 rings (SSSR count). The molecule has 0 saturated heterocycles. The first-order valence-corrected chi connectivity index (χ1v) is 5.62. The molecule has 0 aliphatic rings. The molecule has 1 N–H and O–H groups in total. The minimum Gasteiger partial charge on any atom is -0.383 e. The van der Waals surface area contributed by atoms with E-state index in [2.05, 4.69) is 37.9 Å². The molecule has 0 amide bonds. The molecule has 0 spiro atoms. The smallest absolute Gasteiger partial charge is 0.0615 e. The van der Waals surface area contributed by atoms with E-state index in [1.165, 1.54) is 0 Å². The van der Waals surface area contributed by atoms with Crippen molar-refractivity contribution in [3.63, 3.8) is 0 Å². The average Bonchev–Trinajstić information content (AvgIpc) is 2.16. The Morgan fingerprint density at radius 2 is 1.86 bits per heavy atom. The standard InChI is InChI=1S/C11H26N2O/c1-6-12-8-10(3)13(7-2)11(4)9-14-5/h10-12H,6-9H2,1-5H3. The Balaban J connectivity index is 3.96. The second-order valence-corrected chi connectivity index (χ2v) is 3.79. The van der Waals surface area contributed by atoms with E-state index in [9.17, 15) is 0 Å². The quantitative estimate of drug-likeness (QED) is 0.643. The Hall–Kier alpha value is -0.120. The summed E-state index contributed by atoms with van der Waals surface area (Å²) in [6.45, 7) is 12.8. The Kier molecular flexibility index (Phi) is 8.14. The van der Waals surface area contributed by atoms with E-state index >= 15 is 0 Å². The lowest BCUT2D eigenvalue weighted by atomic mass is 10.2. The van der Waals surface area contributed by atoms with Gasteiger partial charge >= 0.3 is 0 Å². The molecule has 0 fully saturated rings. The number of likely N-dealkylation sites (N-methyl/N-ethyl adjacent to an activating group) is 2. The molecular formula is C11H26N2O. The summed E-state index contributed by atoms with van der Waals surface area (Å²) in [5, 5.41) is 3.38. The highest BCUT2D eigenvalue weighted by atomic mass is 16.5. The summed E-state index contributed by atoms with van der Waals surface area (Å²) < 4.78 is 5.18. The number of hydrogen-bond donors (Lipinski definition) is 1. The van der Waals surface area contributed by atoms with Crippen molar-refractivity contribution in [1.82, 2.24) is 10.2 Å². The van der Waals surface area contributed by atoms with Crippen LogP contribution in [0.3, 0.4) is 0 Å². The molecule has 0 heterocycles. The topological polar surface area (TPSA) is 24.5 Å². The molecule has 0 bridgehead atoms. The van der Waals surface area contributed by atoms with E-state index in [-0.39, 0.29) is 0 Å². The molecule has 14 heavy (non-hydrogen) atoms. The van der Waals surface area contributed by atoms with E-state index in [1.54, 1.807) is 7.11 Å². The molecule has 0 radical (unpaired) electrons. The third kappa shape index (κ3) is 4.94. The number of hydrogen-bond acceptors (Lipinski definition) is 3. The predicted octanol–water partition coefficient (Wildman–Crippen LogP) is 1.34. The fourth-order valence-corrected chi connectivity index (χ4v) is 1.87. The zero-order valence-corrected chi connectivity index (χ0v) is 10.3. The number of rotatable bonds is 8. The molecular weight excluding hydrogens is 176 g/mol. The molecule has 86 valence electrons. The van der Waals surface area contributed by atoms with Crippen LogP contribution in [-0.2, 0) is 4.74 Å². The van der Waals surface area contributed by atoms with Gasteiger partial charge in [-0.05, 0) is 26.9 Å². The first-order chi connectivity index (χ1) is 6.67. The summed E-state index contributed by atoms with van der Waals surface area (Å²) >= 11 is 0. The van der Waals surface area contributed by atoms with Gasteiger partial charge in [-0.25, -0.2) is 0 Å². The van der Waals surface area contributed by atoms with E-state index < -0.39 is 0 Å². The van der Waals surface area contributed by atoms with Crippen molar-refractivity contribution >= 4 is 0 Å². The highest BCUT2D eigenvalue weighted by Crippen LogP contribution is 2.04. The van der Waals surface area contributed by atoms with Crippen molar-refractivity contribution in [3.8, 4) is 0 Å². The zero-order valence-electron chi connectivity index (χ0n) is 10.3. The number of ether oxygens (including phenoxy) is 1. The second-order valence-electron chi connectivity index (χ2n) is 3.79. The van der Waals surface area contributed by atoms with Crippen LogP contribution in [0.5, 0.6) is 0 Å². The van der Waals surface area contributed by atoms with Gasteiger partial charge in [0.25, 0.3) is 0 Å². The van der Waals surface area contributed by atoms with Crippen molar-refractivity contribution in [1.29, 1.82) is 0 Å². The molecule has 3 nitrogen and oxygen atoms in total. The third-order valence-corrected chi connectivity index (χ3v) is 2.60. The van der Waals surface area contributed by atoms with Crippen LogP contribution in [-0.4, -0.2) is 50.3 Å². The largest absolute Gasteiger partial charge is 0.383 e. The Labute approximate surface area is 88.8 Å². The van der Waals surface area contributed by atoms with E-state index in [0.717, 1.165) is 26.2 Å². The van der Waals surface area contributed by atoms with Crippen LogP contribution >= 0.6 is 0 Å². The molecule has 2 unspecified atom stereocenters. The van der Waals surface area contributed by atoms with Gasteiger partial charge in [0.15, 0.2) is 0 Å². The van der Waals surface area contributed by atoms with Gasteiger partial charge in [-0.1, -0.05) is 13.8 Å². The van der Waals surface area contributed by atoms with Crippen LogP contribution in [0.25, 0.3) is 0 Å². The number of nitrogens with one attached hydrogen (secondary N) is 1. The van der Waals surface area contributed by atoms with Crippen molar-refractivity contribution < 1.29 is 4.74 Å². The summed E-state index contributed by atoms with van der Waals surface area (Å²) in [5.74, 6) is 0. The fourth-order valence-electron chi connectivity index (χ4n) is 1.87. The molecule has 0 aromatic heterocycles. The normalized spacial score (nSPS) is 15.9. The minimum absolute atomic E-state index is 0.499. The van der Waals surface area contributed by atoms with Crippen LogP contribution in [0.15, 0.2) is 0 Å². The van der Waals surface area contributed by atoms with Gasteiger partial charge in [-0.3, -0.25) is 4.90 Å². The van der Waals surface area contributed by atoms with Crippen molar-refractivity contribution in [2.75, 3.05) is 33.4 Å². The van der Waals surface area contributed by atoms with Gasteiger partial charge in [0.1, 0.15) is 0 Å². The van der Waals surface area contributed by atoms with Crippen LogP contribution in [0, 0.1) is 0 Å². The van der Waals surface area contributed by atoms with Gasteiger partial charge in [-0.2, -0.15) is 0 Å². The van der Waals surface area contributed by atoms with E-state index in [1.807, 2.05) is 0 Å². The number of methoxy groups -OCH3 is 1. The first kappa shape index (κ1) is 13.9. The maximum absolute atomic E-state index is 5.18. The van der Waals surface area contributed by atoms with Gasteiger partial charge in [0, 0.05) is 25.7 Å². The summed E-state index contributed by atoms with van der Waals surface area (Å²) in [4.78, 5) is 2.46. The molecule has 2 atom stereocenters. The van der Waals surface area contributed by atoms with Crippen LogP contribution in [0.2, 0.25) is 0 Å². The summed E-state index contributed by atoms with van der Waals surface area (Å²) in [7, 11) is 1.76. The van der Waals surface area contributed by atoms with E-state index in [4.69, 9.17) is 4.74 Å². The van der Waals surface area contributed by atoms with Gasteiger partial charge in [0.05, 0.1) is 6.61 Å². The lowest BCUT2D eigenvalue weighted by Gasteiger charge is -2.33. The van der Waals surface area contributed by atoms with Gasteiger partial charge < -0.3 is 10.1 Å². The average molecular weight is 202 g/mol. The van der Waals surface area contributed by atoms with Crippen molar-refractivity contribution in [3.05, 3.63) is 0 Å². The molecule has 3 heteroatoms. The molecule has 0 aromatic rings. The van der Waals surface area contributed by atoms with Crippen LogP contribution in [0.1, 0.15) is 27.7 Å². The van der Waals surface area contributed by atoms with Gasteiger partial charge in [-0.15, -0.1) is 0 Å². The maximum atomic E-state index is 5.18. The summed E-state index contributed by atoms with van der Waals surface area (Å²) in [6.07, 6.45) is 0. The van der Waals surface area contributed by atoms with Crippen LogP contribution < -0.4 is 5.32 Å². The summed E-state index contributed by atoms with van der Waals surface area (Å²) in [5.41, 5.74) is 0. The Morgan fingerprint density at radius 1 is 1.21 bits per heavy atom. The lowest BCUT2D eigenvalue weighted by molar-refractivity contribution is 0.0783. The highest BCUT2D eigenvalue weighted by molar-refractivity contribution is 4.73. The summed E-state index contributed by atoms with van der Waals surface area (Å²) in [6, 6.07) is 1.07. The van der Waals surface area contributed by atoms with Crippen molar-refractivity contribution in [2.45, 2.75) is 39.8 Å². The molecule has 0 aliphatic carbocycles. The molecule has 0 aromatic carbocycles. The third-order valence-electron chi connectivity index (χ3n) is 2.60. The molecule has 0 saturated carbocycles. The zero-order chi connectivity index (χ0) is 11.0. The maximum Gasteiger partial charge on any atom is 0.0615 e. The van der Waals surface area contributed by atoms with E-state index in [0.29, 0.717) is 12.1 Å². The van der Waals surface area contributed by atoms with Crippen LogP contribution in [0.4, 0.5) is 0 Å².